The fourth-order valence-corrected chi connectivity index (χ4v) is 3.67. The normalized spacial score (nSPS) is 17.8. The van der Waals surface area contributed by atoms with Crippen molar-refractivity contribution in [3.63, 3.8) is 0 Å². The van der Waals surface area contributed by atoms with Crippen molar-refractivity contribution in [3.8, 4) is 0 Å². The molecule has 1 N–H and O–H groups in total. The van der Waals surface area contributed by atoms with Crippen LogP contribution in [-0.4, -0.2) is 30.9 Å². The zero-order valence-corrected chi connectivity index (χ0v) is 13.2. The minimum absolute atomic E-state index is 0.137. The lowest BCUT2D eigenvalue weighted by atomic mass is 9.95. The van der Waals surface area contributed by atoms with Crippen molar-refractivity contribution in [2.75, 3.05) is 19.4 Å². The van der Waals surface area contributed by atoms with Crippen LogP contribution < -0.4 is 5.32 Å². The van der Waals surface area contributed by atoms with Crippen molar-refractivity contribution in [1.82, 2.24) is 5.32 Å². The highest BCUT2D eigenvalue weighted by molar-refractivity contribution is 7.99. The molecule has 1 atom stereocenters. The number of furan rings is 1. The van der Waals surface area contributed by atoms with Crippen LogP contribution in [0.2, 0.25) is 0 Å². The van der Waals surface area contributed by atoms with Crippen molar-refractivity contribution in [2.24, 2.45) is 5.92 Å². The van der Waals surface area contributed by atoms with Gasteiger partial charge in [-0.25, -0.2) is 0 Å². The van der Waals surface area contributed by atoms with Crippen LogP contribution in [0.3, 0.4) is 0 Å². The first-order valence-electron chi connectivity index (χ1n) is 7.14. The first-order valence-corrected chi connectivity index (χ1v) is 8.13. The predicted molar refractivity (Wildman–Crippen MR) is 79.9 cm³/mol. The SMILES string of the molecule is CCCNC(CSc1ccoc1C)(C(=O)OC)C1CC1. The van der Waals surface area contributed by atoms with Gasteiger partial charge in [0, 0.05) is 10.6 Å². The van der Waals surface area contributed by atoms with E-state index in [4.69, 9.17) is 9.15 Å². The Hall–Kier alpha value is -0.940. The highest BCUT2D eigenvalue weighted by atomic mass is 32.2. The first-order chi connectivity index (χ1) is 9.64. The van der Waals surface area contributed by atoms with Gasteiger partial charge in [0.2, 0.25) is 0 Å². The summed E-state index contributed by atoms with van der Waals surface area (Å²) in [4.78, 5) is 13.4. The molecular weight excluding hydrogens is 274 g/mol. The number of hydrogen-bond donors (Lipinski definition) is 1. The Kier molecular flexibility index (Phi) is 5.16. The Morgan fingerprint density at radius 3 is 2.85 bits per heavy atom. The van der Waals surface area contributed by atoms with E-state index in [9.17, 15) is 4.79 Å². The van der Waals surface area contributed by atoms with Gasteiger partial charge in [0.15, 0.2) is 0 Å². The third-order valence-electron chi connectivity index (χ3n) is 3.78. The van der Waals surface area contributed by atoms with E-state index in [0.29, 0.717) is 11.7 Å². The van der Waals surface area contributed by atoms with Crippen LogP contribution in [0.1, 0.15) is 31.9 Å². The lowest BCUT2D eigenvalue weighted by Gasteiger charge is -2.32. The molecule has 0 radical (unpaired) electrons. The minimum Gasteiger partial charge on any atom is -0.468 e. The molecule has 0 amide bonds. The van der Waals surface area contributed by atoms with Crippen LogP contribution >= 0.6 is 11.8 Å². The Morgan fingerprint density at radius 1 is 1.60 bits per heavy atom. The topological polar surface area (TPSA) is 51.5 Å². The van der Waals surface area contributed by atoms with Crippen molar-refractivity contribution >= 4 is 17.7 Å². The molecule has 4 nitrogen and oxygen atoms in total. The third kappa shape index (κ3) is 3.20. The van der Waals surface area contributed by atoms with Crippen molar-refractivity contribution < 1.29 is 13.9 Å². The van der Waals surface area contributed by atoms with Gasteiger partial charge in [0.05, 0.1) is 13.4 Å². The maximum atomic E-state index is 12.3. The van der Waals surface area contributed by atoms with E-state index >= 15 is 0 Å². The van der Waals surface area contributed by atoms with Crippen LogP contribution in [0, 0.1) is 12.8 Å². The quantitative estimate of drug-likeness (QED) is 0.590. The number of carbonyl (C=O) groups excluding carboxylic acids is 1. The molecule has 0 saturated heterocycles. The molecule has 1 aliphatic rings. The molecule has 0 spiro atoms. The summed E-state index contributed by atoms with van der Waals surface area (Å²) in [6.45, 7) is 4.88. The summed E-state index contributed by atoms with van der Waals surface area (Å²) in [5.41, 5.74) is -0.556. The summed E-state index contributed by atoms with van der Waals surface area (Å²) in [5, 5.41) is 3.45. The summed E-state index contributed by atoms with van der Waals surface area (Å²) in [5.74, 6) is 1.84. The van der Waals surface area contributed by atoms with Crippen LogP contribution in [-0.2, 0) is 9.53 Å². The second-order valence-electron chi connectivity index (χ2n) is 5.29. The van der Waals surface area contributed by atoms with Crippen LogP contribution in [0.15, 0.2) is 21.6 Å². The number of esters is 1. The van der Waals surface area contributed by atoms with E-state index in [1.54, 1.807) is 18.0 Å². The van der Waals surface area contributed by atoms with Crippen molar-refractivity contribution in [2.45, 2.75) is 43.5 Å². The maximum absolute atomic E-state index is 12.3. The number of thioether (sulfide) groups is 1. The van der Waals surface area contributed by atoms with E-state index in [1.165, 1.54) is 7.11 Å². The van der Waals surface area contributed by atoms with Crippen molar-refractivity contribution in [1.29, 1.82) is 0 Å². The first kappa shape index (κ1) is 15.4. The smallest absolute Gasteiger partial charge is 0.327 e. The van der Waals surface area contributed by atoms with E-state index < -0.39 is 5.54 Å². The Morgan fingerprint density at radius 2 is 2.35 bits per heavy atom. The second kappa shape index (κ2) is 6.68. The molecule has 5 heteroatoms. The largest absolute Gasteiger partial charge is 0.468 e. The molecular formula is C15H23NO3S. The van der Waals surface area contributed by atoms with Crippen molar-refractivity contribution in [3.05, 3.63) is 18.1 Å². The van der Waals surface area contributed by atoms with Crippen LogP contribution in [0.25, 0.3) is 0 Å². The van der Waals surface area contributed by atoms with Gasteiger partial charge in [-0.15, -0.1) is 11.8 Å². The van der Waals surface area contributed by atoms with Gasteiger partial charge >= 0.3 is 5.97 Å². The number of rotatable bonds is 8. The number of aryl methyl sites for hydroxylation is 1. The Balaban J connectivity index is 2.12. The highest BCUT2D eigenvalue weighted by Gasteiger charge is 2.51. The number of ether oxygens (including phenoxy) is 1. The summed E-state index contributed by atoms with van der Waals surface area (Å²) in [7, 11) is 1.47. The molecule has 1 saturated carbocycles. The number of methoxy groups -OCH3 is 1. The van der Waals surface area contributed by atoms with Gasteiger partial charge in [-0.05, 0) is 44.7 Å². The minimum atomic E-state index is -0.556. The standard InChI is InChI=1S/C15H23NO3S/c1-4-8-16-15(12-5-6-12,14(17)18-3)10-20-13-7-9-19-11(13)2/h7,9,12,16H,4-6,8,10H2,1-3H3. The van der Waals surface area contributed by atoms with Gasteiger partial charge in [-0.1, -0.05) is 6.92 Å². The monoisotopic (exact) mass is 297 g/mol. The molecule has 1 unspecified atom stereocenters. The van der Waals surface area contributed by atoms with E-state index in [-0.39, 0.29) is 5.97 Å². The molecule has 1 aromatic rings. The Labute approximate surface area is 124 Å². The summed E-state index contributed by atoms with van der Waals surface area (Å²) < 4.78 is 10.4. The average molecular weight is 297 g/mol. The lowest BCUT2D eigenvalue weighted by Crippen LogP contribution is -2.57. The van der Waals surface area contributed by atoms with E-state index in [2.05, 4.69) is 12.2 Å². The second-order valence-corrected chi connectivity index (χ2v) is 6.31. The summed E-state index contributed by atoms with van der Waals surface area (Å²) >= 11 is 1.67. The molecule has 1 aromatic heterocycles. The highest BCUT2D eigenvalue weighted by Crippen LogP contribution is 2.43. The zero-order chi connectivity index (χ0) is 14.6. The molecule has 112 valence electrons. The molecule has 1 aliphatic carbocycles. The molecule has 0 aromatic carbocycles. The van der Waals surface area contributed by atoms with E-state index in [0.717, 1.165) is 36.5 Å². The maximum Gasteiger partial charge on any atom is 0.327 e. The number of carbonyl (C=O) groups is 1. The van der Waals surface area contributed by atoms with E-state index in [1.807, 2.05) is 13.0 Å². The van der Waals surface area contributed by atoms with Gasteiger partial charge < -0.3 is 14.5 Å². The van der Waals surface area contributed by atoms with Gasteiger partial charge in [-0.2, -0.15) is 0 Å². The summed E-state index contributed by atoms with van der Waals surface area (Å²) in [6.07, 6.45) is 4.88. The molecule has 2 rings (SSSR count). The number of nitrogens with one attached hydrogen (secondary N) is 1. The van der Waals surface area contributed by atoms with Gasteiger partial charge in [-0.3, -0.25) is 4.79 Å². The van der Waals surface area contributed by atoms with Gasteiger partial charge in [0.1, 0.15) is 11.3 Å². The molecule has 1 fully saturated rings. The molecule has 0 bridgehead atoms. The van der Waals surface area contributed by atoms with Crippen LogP contribution in [0.5, 0.6) is 0 Å². The molecule has 1 heterocycles. The molecule has 0 aliphatic heterocycles. The number of hydrogen-bond acceptors (Lipinski definition) is 5. The molecule has 20 heavy (non-hydrogen) atoms. The van der Waals surface area contributed by atoms with Crippen LogP contribution in [0.4, 0.5) is 0 Å². The van der Waals surface area contributed by atoms with Gasteiger partial charge in [0.25, 0.3) is 0 Å². The predicted octanol–water partition coefficient (Wildman–Crippen LogP) is 3.00. The average Bonchev–Trinajstić information content (AvgIpc) is 3.23. The third-order valence-corrected chi connectivity index (χ3v) is 5.12. The Bertz CT molecular complexity index is 456. The lowest BCUT2D eigenvalue weighted by molar-refractivity contribution is -0.148. The summed E-state index contributed by atoms with van der Waals surface area (Å²) in [6, 6.07) is 1.95. The zero-order valence-electron chi connectivity index (χ0n) is 12.4. The fourth-order valence-electron chi connectivity index (χ4n) is 2.43. The fraction of sp³-hybridized carbons (Fsp3) is 0.667.